The molecule has 0 bridgehead atoms. The third-order valence-corrected chi connectivity index (χ3v) is 2.99. The standard InChI is InChI=1S/C10H19NO4Si/c1-6-13-9(12)8-7(2)10(14-11-8)15-16(3,4)5/h7,10H,6H2,1-5H3. The average molecular weight is 245 g/mol. The predicted molar refractivity (Wildman–Crippen MR) is 62.5 cm³/mol. The van der Waals surface area contributed by atoms with E-state index in [1.807, 2.05) is 6.92 Å². The van der Waals surface area contributed by atoms with Gasteiger partial charge in [0.2, 0.25) is 6.29 Å². The topological polar surface area (TPSA) is 57.1 Å². The fraction of sp³-hybridized carbons (Fsp3) is 0.800. The van der Waals surface area contributed by atoms with Gasteiger partial charge >= 0.3 is 5.97 Å². The number of hydrogen-bond acceptors (Lipinski definition) is 5. The summed E-state index contributed by atoms with van der Waals surface area (Å²) in [5.74, 6) is -0.595. The Morgan fingerprint density at radius 1 is 1.50 bits per heavy atom. The largest absolute Gasteiger partial charge is 0.461 e. The fourth-order valence-electron chi connectivity index (χ4n) is 1.31. The molecule has 0 saturated carbocycles. The minimum atomic E-state index is -1.70. The van der Waals surface area contributed by atoms with Gasteiger partial charge in [0.25, 0.3) is 0 Å². The number of esters is 1. The molecule has 0 aromatic rings. The lowest BCUT2D eigenvalue weighted by Gasteiger charge is -2.23. The van der Waals surface area contributed by atoms with Crippen molar-refractivity contribution in [3.63, 3.8) is 0 Å². The molecule has 2 atom stereocenters. The van der Waals surface area contributed by atoms with Crippen LogP contribution in [0.3, 0.4) is 0 Å². The molecule has 6 heteroatoms. The van der Waals surface area contributed by atoms with Crippen LogP contribution in [0.25, 0.3) is 0 Å². The van der Waals surface area contributed by atoms with Crippen molar-refractivity contribution >= 4 is 20.0 Å². The molecule has 1 aliphatic rings. The van der Waals surface area contributed by atoms with Crippen molar-refractivity contribution in [2.45, 2.75) is 39.8 Å². The van der Waals surface area contributed by atoms with Crippen molar-refractivity contribution in [3.8, 4) is 0 Å². The Balaban J connectivity index is 2.58. The van der Waals surface area contributed by atoms with Crippen LogP contribution in [0.4, 0.5) is 0 Å². The summed E-state index contributed by atoms with van der Waals surface area (Å²) in [6.45, 7) is 10.1. The molecule has 0 amide bonds. The molecule has 0 saturated heterocycles. The molecular formula is C10H19NO4Si. The van der Waals surface area contributed by atoms with E-state index in [1.165, 1.54) is 0 Å². The van der Waals surface area contributed by atoms with Gasteiger partial charge in [-0.05, 0) is 26.6 Å². The maximum Gasteiger partial charge on any atom is 0.356 e. The summed E-state index contributed by atoms with van der Waals surface area (Å²) in [6, 6.07) is 0. The van der Waals surface area contributed by atoms with E-state index in [4.69, 9.17) is 14.0 Å². The Kier molecular flexibility index (Phi) is 4.09. The van der Waals surface area contributed by atoms with E-state index in [0.29, 0.717) is 12.3 Å². The maximum absolute atomic E-state index is 11.5. The van der Waals surface area contributed by atoms with Gasteiger partial charge in [-0.25, -0.2) is 4.79 Å². The van der Waals surface area contributed by atoms with E-state index in [0.717, 1.165) is 0 Å². The van der Waals surface area contributed by atoms with Crippen molar-refractivity contribution < 1.29 is 18.8 Å². The van der Waals surface area contributed by atoms with Gasteiger partial charge < -0.3 is 14.0 Å². The molecule has 0 fully saturated rings. The third-order valence-electron chi connectivity index (χ3n) is 2.05. The first-order valence-electron chi connectivity index (χ1n) is 5.44. The lowest BCUT2D eigenvalue weighted by molar-refractivity contribution is -0.135. The van der Waals surface area contributed by atoms with Crippen LogP contribution in [0.15, 0.2) is 5.16 Å². The molecule has 92 valence electrons. The highest BCUT2D eigenvalue weighted by Crippen LogP contribution is 2.23. The van der Waals surface area contributed by atoms with E-state index in [9.17, 15) is 4.79 Å². The molecule has 1 rings (SSSR count). The van der Waals surface area contributed by atoms with E-state index in [1.54, 1.807) is 6.92 Å². The summed E-state index contributed by atoms with van der Waals surface area (Å²) in [5, 5.41) is 3.74. The van der Waals surface area contributed by atoms with Crippen molar-refractivity contribution in [2.75, 3.05) is 6.61 Å². The number of oxime groups is 1. The van der Waals surface area contributed by atoms with Gasteiger partial charge in [-0.2, -0.15) is 0 Å². The summed E-state index contributed by atoms with van der Waals surface area (Å²) in [5.41, 5.74) is 0.310. The second-order valence-corrected chi connectivity index (χ2v) is 9.15. The molecule has 0 aliphatic carbocycles. The Morgan fingerprint density at radius 2 is 2.12 bits per heavy atom. The number of carbonyl (C=O) groups excluding carboxylic acids is 1. The molecule has 0 N–H and O–H groups in total. The van der Waals surface area contributed by atoms with Crippen LogP contribution < -0.4 is 0 Å². The molecule has 2 unspecified atom stereocenters. The van der Waals surface area contributed by atoms with Crippen molar-refractivity contribution in [1.82, 2.24) is 0 Å². The fourth-order valence-corrected chi connectivity index (χ4v) is 2.26. The van der Waals surface area contributed by atoms with Crippen LogP contribution in [0.5, 0.6) is 0 Å². The molecule has 16 heavy (non-hydrogen) atoms. The van der Waals surface area contributed by atoms with Gasteiger partial charge in [-0.15, -0.1) is 0 Å². The highest BCUT2D eigenvalue weighted by atomic mass is 28.4. The maximum atomic E-state index is 11.5. The summed E-state index contributed by atoms with van der Waals surface area (Å²) in [7, 11) is -1.70. The Hall–Kier alpha value is -0.883. The highest BCUT2D eigenvalue weighted by molar-refractivity contribution is 6.69. The monoisotopic (exact) mass is 245 g/mol. The van der Waals surface area contributed by atoms with Crippen molar-refractivity contribution in [2.24, 2.45) is 11.1 Å². The Morgan fingerprint density at radius 3 is 2.62 bits per heavy atom. The lowest BCUT2D eigenvalue weighted by atomic mass is 10.1. The average Bonchev–Trinajstić information content (AvgIpc) is 2.46. The molecule has 1 heterocycles. The number of carbonyl (C=O) groups is 1. The summed E-state index contributed by atoms with van der Waals surface area (Å²) < 4.78 is 10.6. The normalized spacial score (nSPS) is 24.9. The smallest absolute Gasteiger partial charge is 0.356 e. The molecule has 0 aromatic carbocycles. The number of rotatable bonds is 4. The molecule has 1 aliphatic heterocycles. The summed E-state index contributed by atoms with van der Waals surface area (Å²) in [4.78, 5) is 16.6. The van der Waals surface area contributed by atoms with Crippen LogP contribution in [0.1, 0.15) is 13.8 Å². The molecule has 0 aromatic heterocycles. The van der Waals surface area contributed by atoms with Gasteiger partial charge in [0, 0.05) is 0 Å². The second-order valence-electron chi connectivity index (χ2n) is 4.69. The lowest BCUT2D eigenvalue weighted by Crippen LogP contribution is -2.37. The first-order chi connectivity index (χ1) is 7.35. The molecular weight excluding hydrogens is 226 g/mol. The number of ether oxygens (including phenoxy) is 1. The van der Waals surface area contributed by atoms with E-state index < -0.39 is 20.6 Å². The zero-order valence-corrected chi connectivity index (χ0v) is 11.4. The first-order valence-corrected chi connectivity index (χ1v) is 8.84. The zero-order valence-electron chi connectivity index (χ0n) is 10.4. The molecule has 0 spiro atoms. The predicted octanol–water partition coefficient (Wildman–Crippen LogP) is 1.75. The van der Waals surface area contributed by atoms with Crippen LogP contribution in [-0.4, -0.2) is 32.9 Å². The minimum Gasteiger partial charge on any atom is -0.461 e. The Bertz CT molecular complexity index is 298. The SMILES string of the molecule is CCOC(=O)C1=NOC(O[Si](C)(C)C)C1C. The number of hydrogen-bond donors (Lipinski definition) is 0. The minimum absolute atomic E-state index is 0.175. The van der Waals surface area contributed by atoms with Gasteiger partial charge in [-0.3, -0.25) is 0 Å². The Labute approximate surface area is 96.9 Å². The molecule has 0 radical (unpaired) electrons. The summed E-state index contributed by atoms with van der Waals surface area (Å²) >= 11 is 0. The van der Waals surface area contributed by atoms with Crippen LogP contribution in [0.2, 0.25) is 19.6 Å². The van der Waals surface area contributed by atoms with E-state index >= 15 is 0 Å². The van der Waals surface area contributed by atoms with Crippen molar-refractivity contribution in [3.05, 3.63) is 0 Å². The van der Waals surface area contributed by atoms with Gasteiger partial charge in [-0.1, -0.05) is 12.1 Å². The van der Waals surface area contributed by atoms with Crippen molar-refractivity contribution in [1.29, 1.82) is 0 Å². The summed E-state index contributed by atoms with van der Waals surface area (Å²) in [6.07, 6.45) is -0.453. The van der Waals surface area contributed by atoms with Crippen LogP contribution >= 0.6 is 0 Å². The third kappa shape index (κ3) is 3.31. The van der Waals surface area contributed by atoms with E-state index in [2.05, 4.69) is 24.8 Å². The molecule has 5 nitrogen and oxygen atoms in total. The number of nitrogens with zero attached hydrogens (tertiary/aromatic N) is 1. The van der Waals surface area contributed by atoms with Gasteiger partial charge in [0.15, 0.2) is 14.0 Å². The van der Waals surface area contributed by atoms with Crippen LogP contribution in [0, 0.1) is 5.92 Å². The highest BCUT2D eigenvalue weighted by Gasteiger charge is 2.38. The van der Waals surface area contributed by atoms with Gasteiger partial charge in [0.05, 0.1) is 12.5 Å². The van der Waals surface area contributed by atoms with Crippen LogP contribution in [-0.2, 0) is 18.8 Å². The zero-order chi connectivity index (χ0) is 12.3. The van der Waals surface area contributed by atoms with Gasteiger partial charge in [0.1, 0.15) is 0 Å². The van der Waals surface area contributed by atoms with E-state index in [-0.39, 0.29) is 5.92 Å². The quantitative estimate of drug-likeness (QED) is 0.559. The first kappa shape index (κ1) is 13.2. The second kappa shape index (κ2) is 4.97.